The Hall–Kier alpha value is -7.24. The first kappa shape index (κ1) is 35.5. The van der Waals surface area contributed by atoms with Crippen LogP contribution in [0, 0.1) is 13.8 Å². The number of para-hydroxylation sites is 2. The van der Waals surface area contributed by atoms with Gasteiger partial charge in [-0.05, 0) is 119 Å². The number of hydrogen-bond acceptors (Lipinski definition) is 4. The zero-order chi connectivity index (χ0) is 41.1. The first-order chi connectivity index (χ1) is 30.6. The highest BCUT2D eigenvalue weighted by molar-refractivity contribution is 7.26. The summed E-state index contributed by atoms with van der Waals surface area (Å²) in [7, 11) is 0. The lowest BCUT2D eigenvalue weighted by Crippen LogP contribution is -2.12. The van der Waals surface area contributed by atoms with Gasteiger partial charge in [-0.3, -0.25) is 0 Å². The summed E-state index contributed by atoms with van der Waals surface area (Å²) in [5.41, 5.74) is 9.46. The fourth-order valence-electron chi connectivity index (χ4n) is 10.4. The van der Waals surface area contributed by atoms with Crippen LogP contribution in [0.2, 0.25) is 0 Å². The van der Waals surface area contributed by atoms with Crippen LogP contribution in [0.15, 0.2) is 194 Å². The van der Waals surface area contributed by atoms with Crippen molar-refractivity contribution in [3.05, 3.63) is 205 Å². The first-order valence-electron chi connectivity index (χ1n) is 21.3. The van der Waals surface area contributed by atoms with Crippen LogP contribution in [-0.2, 0) is 0 Å². The van der Waals surface area contributed by atoms with Crippen molar-refractivity contribution in [2.45, 2.75) is 13.8 Å². The second kappa shape index (κ2) is 13.6. The Morgan fingerprint density at radius 2 is 0.629 bits per heavy atom. The average molecular weight is 827 g/mol. The average Bonchev–Trinajstić information content (AvgIpc) is 3.88. The summed E-state index contributed by atoms with van der Waals surface area (Å²) in [4.78, 5) is 4.96. The Labute approximate surface area is 367 Å². The lowest BCUT2D eigenvalue weighted by molar-refractivity contribution is 1.29. The molecule has 0 unspecified atom stereocenters. The second-order valence-corrected chi connectivity index (χ2v) is 18.7. The van der Waals surface area contributed by atoms with Crippen LogP contribution < -0.4 is 9.80 Å². The van der Waals surface area contributed by atoms with Crippen molar-refractivity contribution in [1.82, 2.24) is 0 Å². The lowest BCUT2D eigenvalue weighted by Gasteiger charge is -2.31. The van der Waals surface area contributed by atoms with Gasteiger partial charge in [0.15, 0.2) is 0 Å². The van der Waals surface area contributed by atoms with Crippen LogP contribution in [0.4, 0.5) is 34.1 Å². The second-order valence-electron chi connectivity index (χ2n) is 16.5. The van der Waals surface area contributed by atoms with Crippen molar-refractivity contribution in [1.29, 1.82) is 0 Å². The summed E-state index contributed by atoms with van der Waals surface area (Å²) in [6, 6.07) is 72.1. The van der Waals surface area contributed by atoms with Crippen LogP contribution in [0.1, 0.15) is 11.1 Å². The molecule has 0 aliphatic carbocycles. The highest BCUT2D eigenvalue weighted by Gasteiger charge is 2.26. The Morgan fingerprint density at radius 1 is 0.274 bits per heavy atom. The van der Waals surface area contributed by atoms with Gasteiger partial charge in [-0.25, -0.2) is 0 Å². The topological polar surface area (TPSA) is 6.48 Å². The Balaban J connectivity index is 1.12. The minimum absolute atomic E-state index is 1.14. The smallest absolute Gasteiger partial charge is 0.0543 e. The van der Waals surface area contributed by atoms with E-state index in [-0.39, 0.29) is 0 Å². The highest BCUT2D eigenvalue weighted by Crippen LogP contribution is 2.52. The van der Waals surface area contributed by atoms with E-state index in [1.54, 1.807) is 0 Å². The number of hydrogen-bond donors (Lipinski definition) is 0. The van der Waals surface area contributed by atoms with Gasteiger partial charge < -0.3 is 9.80 Å². The quantitative estimate of drug-likeness (QED) is 0.122. The maximum absolute atomic E-state index is 2.48. The van der Waals surface area contributed by atoms with E-state index in [9.17, 15) is 0 Å². The van der Waals surface area contributed by atoms with E-state index in [0.29, 0.717) is 0 Å². The molecule has 0 aliphatic rings. The van der Waals surface area contributed by atoms with E-state index >= 15 is 0 Å². The number of rotatable bonds is 6. The highest BCUT2D eigenvalue weighted by atomic mass is 32.1. The molecular weight excluding hydrogens is 789 g/mol. The Bertz CT molecular complexity index is 3640. The van der Waals surface area contributed by atoms with E-state index in [1.807, 2.05) is 22.7 Å². The van der Waals surface area contributed by atoms with Crippen LogP contribution in [0.5, 0.6) is 0 Å². The predicted molar refractivity (Wildman–Crippen MR) is 272 cm³/mol. The van der Waals surface area contributed by atoms with Gasteiger partial charge in [0.2, 0.25) is 0 Å². The third kappa shape index (κ3) is 5.21. The summed E-state index contributed by atoms with van der Waals surface area (Å²) in [6.45, 7) is 4.62. The number of benzene rings is 11. The molecule has 0 N–H and O–H groups in total. The molecule has 0 saturated carbocycles. The number of nitrogens with zero attached hydrogens (tertiary/aromatic N) is 2. The van der Waals surface area contributed by atoms with Gasteiger partial charge >= 0.3 is 0 Å². The molecule has 2 heterocycles. The van der Waals surface area contributed by atoms with Crippen molar-refractivity contribution in [3.63, 3.8) is 0 Å². The Morgan fingerprint density at radius 3 is 1.06 bits per heavy atom. The van der Waals surface area contributed by atoms with Gasteiger partial charge in [-0.1, -0.05) is 121 Å². The molecule has 13 aromatic rings. The number of aryl methyl sites for hydroxylation is 2. The van der Waals surface area contributed by atoms with Crippen molar-refractivity contribution in [3.8, 4) is 0 Å². The molecule has 4 heteroatoms. The first-order valence-corrected chi connectivity index (χ1v) is 22.9. The van der Waals surface area contributed by atoms with E-state index in [0.717, 1.165) is 22.7 Å². The molecule has 292 valence electrons. The van der Waals surface area contributed by atoms with Crippen LogP contribution >= 0.6 is 22.7 Å². The molecule has 13 rings (SSSR count). The fourth-order valence-corrected chi connectivity index (χ4v) is 12.6. The minimum Gasteiger partial charge on any atom is -0.310 e. The Kier molecular flexibility index (Phi) is 7.81. The van der Waals surface area contributed by atoms with E-state index < -0.39 is 0 Å². The van der Waals surface area contributed by atoms with Crippen molar-refractivity contribution in [2.24, 2.45) is 0 Å². The molecule has 0 aliphatic heterocycles. The van der Waals surface area contributed by atoms with Crippen molar-refractivity contribution >= 4 is 140 Å². The van der Waals surface area contributed by atoms with Gasteiger partial charge in [-0.2, -0.15) is 0 Å². The molecule has 0 spiro atoms. The zero-order valence-electron chi connectivity index (χ0n) is 34.2. The molecule has 0 bridgehead atoms. The number of anilines is 6. The summed E-state index contributed by atoms with van der Waals surface area (Å²) in [5.74, 6) is 0. The number of thiophene rings is 2. The van der Waals surface area contributed by atoms with Crippen LogP contribution in [0.25, 0.3) is 83.4 Å². The summed E-state index contributed by atoms with van der Waals surface area (Å²) >= 11 is 3.74. The van der Waals surface area contributed by atoms with Gasteiger partial charge in [0.05, 0.1) is 11.4 Å². The van der Waals surface area contributed by atoms with Gasteiger partial charge in [0.25, 0.3) is 0 Å². The summed E-state index contributed by atoms with van der Waals surface area (Å²) in [5, 5.41) is 15.6. The maximum Gasteiger partial charge on any atom is 0.0543 e. The molecule has 0 amide bonds. The molecule has 2 aromatic heterocycles. The molecule has 0 radical (unpaired) electrons. The molecule has 0 atom stereocenters. The van der Waals surface area contributed by atoms with Gasteiger partial charge in [0.1, 0.15) is 0 Å². The summed E-state index contributed by atoms with van der Waals surface area (Å²) in [6.07, 6.45) is 0. The summed E-state index contributed by atoms with van der Waals surface area (Å²) < 4.78 is 5.21. The molecule has 62 heavy (non-hydrogen) atoms. The van der Waals surface area contributed by atoms with Gasteiger partial charge in [0, 0.05) is 84.6 Å². The van der Waals surface area contributed by atoms with E-state index in [1.165, 1.54) is 106 Å². The normalized spacial score (nSPS) is 12.0. The lowest BCUT2D eigenvalue weighted by atomic mass is 9.84. The SMILES string of the molecule is Cc1cc(N(c2ccccc2)c2ccc3c(c2)sc2ccccc23)c2ccc3c(N(c4ccccc4)c4ccc5c(c4)sc4ccccc45)cc(C)c4c5ccccc5c1c2c34. The van der Waals surface area contributed by atoms with Crippen molar-refractivity contribution in [2.75, 3.05) is 9.80 Å². The van der Waals surface area contributed by atoms with E-state index in [2.05, 4.69) is 218 Å². The number of fused-ring (bicyclic) bond motifs is 9. The van der Waals surface area contributed by atoms with E-state index in [4.69, 9.17) is 0 Å². The van der Waals surface area contributed by atoms with Crippen molar-refractivity contribution < 1.29 is 0 Å². The van der Waals surface area contributed by atoms with Gasteiger partial charge in [-0.15, -0.1) is 22.7 Å². The third-order valence-corrected chi connectivity index (χ3v) is 15.2. The molecule has 0 saturated heterocycles. The fraction of sp³-hybridized carbons (Fsp3) is 0.0345. The monoisotopic (exact) mass is 826 g/mol. The van der Waals surface area contributed by atoms with Crippen LogP contribution in [0.3, 0.4) is 0 Å². The maximum atomic E-state index is 2.48. The standard InChI is InChI=1S/C58H38N2S2/c1-35-31-49(59(37-15-5-3-6-16-37)39-25-27-43-41-19-11-13-23-51(41)61-53(43)33-39)47-29-30-48-50(32-36(2)56-46-22-10-9-21-45(46)55(35)57(47)58(48)56)60(38-17-7-4-8-18-38)40-26-28-44-42-20-12-14-24-52(42)62-54(44)34-40/h3-34H,1-2H3. The largest absolute Gasteiger partial charge is 0.310 e. The predicted octanol–water partition coefficient (Wildman–Crippen LogP) is 18.0. The molecule has 2 nitrogen and oxygen atoms in total. The molecule has 11 aromatic carbocycles. The molecule has 0 fully saturated rings. The van der Waals surface area contributed by atoms with Crippen LogP contribution in [-0.4, -0.2) is 0 Å². The minimum atomic E-state index is 1.14. The third-order valence-electron chi connectivity index (χ3n) is 13.0. The zero-order valence-corrected chi connectivity index (χ0v) is 35.8. The molecular formula is C58H38N2S2.